The number of methoxy groups -OCH3 is 1. The molecule has 3 aromatic rings. The Bertz CT molecular complexity index is 1180. The Kier molecular flexibility index (Phi) is 5.29. The highest BCUT2D eigenvalue weighted by atomic mass is 16.5. The van der Waals surface area contributed by atoms with E-state index in [1.807, 2.05) is 26.0 Å². The van der Waals surface area contributed by atoms with E-state index in [9.17, 15) is 14.7 Å². The molecule has 31 heavy (non-hydrogen) atoms. The van der Waals surface area contributed by atoms with Gasteiger partial charge in [-0.3, -0.25) is 19.5 Å². The molecule has 1 aliphatic rings. The van der Waals surface area contributed by atoms with Gasteiger partial charge in [-0.25, -0.2) is 0 Å². The summed E-state index contributed by atoms with van der Waals surface area (Å²) in [4.78, 5) is 31.8. The topological polar surface area (TPSA) is 79.7 Å². The molecule has 1 amide bonds. The Hall–Kier alpha value is -3.93. The molecule has 1 saturated heterocycles. The van der Waals surface area contributed by atoms with E-state index in [1.54, 1.807) is 62.0 Å². The number of hydrogen-bond donors (Lipinski definition) is 1. The number of pyridine rings is 1. The molecule has 0 radical (unpaired) electrons. The van der Waals surface area contributed by atoms with Gasteiger partial charge < -0.3 is 9.84 Å². The molecule has 0 saturated carbocycles. The fourth-order valence-corrected chi connectivity index (χ4v) is 3.84. The molecule has 156 valence electrons. The number of nitrogens with zero attached hydrogens (tertiary/aromatic N) is 2. The molecule has 2 heterocycles. The Morgan fingerprint density at radius 1 is 1.06 bits per heavy atom. The molecule has 0 bridgehead atoms. The van der Waals surface area contributed by atoms with Crippen LogP contribution in [0.4, 0.5) is 5.69 Å². The van der Waals surface area contributed by atoms with Crippen LogP contribution in [0.15, 0.2) is 72.6 Å². The minimum absolute atomic E-state index is 0.0307. The lowest BCUT2D eigenvalue weighted by Crippen LogP contribution is -2.29. The van der Waals surface area contributed by atoms with Crippen molar-refractivity contribution in [1.29, 1.82) is 0 Å². The van der Waals surface area contributed by atoms with Gasteiger partial charge in [0, 0.05) is 23.6 Å². The molecule has 1 N–H and O–H groups in total. The van der Waals surface area contributed by atoms with Crippen molar-refractivity contribution in [1.82, 2.24) is 4.98 Å². The van der Waals surface area contributed by atoms with Gasteiger partial charge in [0.05, 0.1) is 18.7 Å². The van der Waals surface area contributed by atoms with Crippen LogP contribution in [0.25, 0.3) is 5.76 Å². The average molecular weight is 414 g/mol. The van der Waals surface area contributed by atoms with E-state index < -0.39 is 17.7 Å². The first-order chi connectivity index (χ1) is 14.9. The summed E-state index contributed by atoms with van der Waals surface area (Å²) in [5.74, 6) is -0.988. The predicted octanol–water partition coefficient (Wildman–Crippen LogP) is 4.33. The zero-order valence-electron chi connectivity index (χ0n) is 17.5. The summed E-state index contributed by atoms with van der Waals surface area (Å²) in [6, 6.07) is 15.2. The summed E-state index contributed by atoms with van der Waals surface area (Å²) in [5, 5.41) is 11.2. The number of hydrogen-bond acceptors (Lipinski definition) is 5. The van der Waals surface area contributed by atoms with Crippen LogP contribution in [-0.2, 0) is 9.59 Å². The van der Waals surface area contributed by atoms with Gasteiger partial charge in [-0.2, -0.15) is 0 Å². The first-order valence-corrected chi connectivity index (χ1v) is 9.85. The number of ketones is 1. The first kappa shape index (κ1) is 20.3. The van der Waals surface area contributed by atoms with E-state index in [1.165, 1.54) is 4.90 Å². The summed E-state index contributed by atoms with van der Waals surface area (Å²) in [7, 11) is 1.57. The molecule has 1 aliphatic heterocycles. The minimum atomic E-state index is -0.793. The Morgan fingerprint density at radius 2 is 1.81 bits per heavy atom. The third-order valence-electron chi connectivity index (χ3n) is 5.43. The zero-order valence-corrected chi connectivity index (χ0v) is 17.5. The summed E-state index contributed by atoms with van der Waals surface area (Å²) in [6.45, 7) is 3.79. The summed E-state index contributed by atoms with van der Waals surface area (Å²) in [6.07, 6.45) is 3.22. The molecule has 4 rings (SSSR count). The molecule has 6 nitrogen and oxygen atoms in total. The highest BCUT2D eigenvalue weighted by Crippen LogP contribution is 2.42. The number of aromatic nitrogens is 1. The van der Waals surface area contributed by atoms with E-state index >= 15 is 0 Å². The number of benzene rings is 2. The van der Waals surface area contributed by atoms with E-state index in [-0.39, 0.29) is 11.3 Å². The van der Waals surface area contributed by atoms with Crippen LogP contribution < -0.4 is 9.64 Å². The van der Waals surface area contributed by atoms with Crippen molar-refractivity contribution in [3.8, 4) is 5.75 Å². The number of aliphatic hydroxyl groups is 1. The predicted molar refractivity (Wildman–Crippen MR) is 118 cm³/mol. The van der Waals surface area contributed by atoms with Gasteiger partial charge in [0.15, 0.2) is 0 Å². The zero-order chi connectivity index (χ0) is 22.1. The second-order valence-electron chi connectivity index (χ2n) is 7.48. The maximum Gasteiger partial charge on any atom is 0.300 e. The lowest BCUT2D eigenvalue weighted by Gasteiger charge is -2.25. The Morgan fingerprint density at radius 3 is 2.42 bits per heavy atom. The smallest absolute Gasteiger partial charge is 0.300 e. The molecule has 1 atom stereocenters. The molecule has 1 fully saturated rings. The lowest BCUT2D eigenvalue weighted by atomic mass is 9.95. The number of aliphatic hydroxyl groups excluding tert-OH is 1. The maximum atomic E-state index is 13.1. The number of amides is 1. The molecule has 1 unspecified atom stereocenters. The largest absolute Gasteiger partial charge is 0.507 e. The second kappa shape index (κ2) is 8.07. The van der Waals surface area contributed by atoms with Gasteiger partial charge in [-0.1, -0.05) is 23.8 Å². The van der Waals surface area contributed by atoms with Gasteiger partial charge >= 0.3 is 0 Å². The van der Waals surface area contributed by atoms with Crippen molar-refractivity contribution in [2.75, 3.05) is 12.0 Å². The standard InChI is InChI=1S/C25H22N2O4/c1-15-6-9-19(10-7-15)27-22(18-5-4-12-26-14-18)21(24(29)25(27)30)23(28)17-8-11-20(31-3)16(2)13-17/h4-14,22,28H,1-3H3/b23-21-. The van der Waals surface area contributed by atoms with Gasteiger partial charge in [-0.15, -0.1) is 0 Å². The normalized spacial score (nSPS) is 17.8. The van der Waals surface area contributed by atoms with Gasteiger partial charge in [0.2, 0.25) is 0 Å². The quantitative estimate of drug-likeness (QED) is 0.390. The van der Waals surface area contributed by atoms with Gasteiger partial charge in [-0.05, 0) is 61.4 Å². The van der Waals surface area contributed by atoms with Gasteiger partial charge in [0.1, 0.15) is 11.5 Å². The average Bonchev–Trinajstić information content (AvgIpc) is 3.05. The van der Waals surface area contributed by atoms with Crippen LogP contribution in [-0.4, -0.2) is 28.9 Å². The number of carbonyl (C=O) groups excluding carboxylic acids is 2. The summed E-state index contributed by atoms with van der Waals surface area (Å²) >= 11 is 0. The van der Waals surface area contributed by atoms with Crippen LogP contribution in [0.2, 0.25) is 0 Å². The van der Waals surface area contributed by atoms with Crippen LogP contribution in [0.1, 0.15) is 28.3 Å². The molecular weight excluding hydrogens is 392 g/mol. The van der Waals surface area contributed by atoms with Crippen molar-refractivity contribution in [3.05, 3.63) is 94.8 Å². The van der Waals surface area contributed by atoms with Crippen LogP contribution in [0.5, 0.6) is 5.75 Å². The first-order valence-electron chi connectivity index (χ1n) is 9.85. The van der Waals surface area contributed by atoms with Crippen molar-refractivity contribution in [2.24, 2.45) is 0 Å². The maximum absolute atomic E-state index is 13.1. The summed E-state index contributed by atoms with van der Waals surface area (Å²) < 4.78 is 5.28. The van der Waals surface area contributed by atoms with Crippen molar-refractivity contribution in [2.45, 2.75) is 19.9 Å². The lowest BCUT2D eigenvalue weighted by molar-refractivity contribution is -0.132. The molecular formula is C25H22N2O4. The van der Waals surface area contributed by atoms with Crippen LogP contribution >= 0.6 is 0 Å². The van der Waals surface area contributed by atoms with Crippen molar-refractivity contribution in [3.63, 3.8) is 0 Å². The number of Topliss-reactive ketones (excluding diaryl/α,β-unsaturated/α-hetero) is 1. The number of carbonyl (C=O) groups is 2. The van der Waals surface area contributed by atoms with E-state index in [2.05, 4.69) is 4.98 Å². The fraction of sp³-hybridized carbons (Fsp3) is 0.160. The molecule has 0 aliphatic carbocycles. The third kappa shape index (κ3) is 3.57. The second-order valence-corrected chi connectivity index (χ2v) is 7.48. The molecule has 2 aromatic carbocycles. The Labute approximate surface area is 180 Å². The van der Waals surface area contributed by atoms with Crippen molar-refractivity contribution >= 4 is 23.1 Å². The number of ether oxygens (including phenoxy) is 1. The highest BCUT2D eigenvalue weighted by Gasteiger charge is 2.47. The van der Waals surface area contributed by atoms with Crippen LogP contribution in [0.3, 0.4) is 0 Å². The fourth-order valence-electron chi connectivity index (χ4n) is 3.84. The van der Waals surface area contributed by atoms with Crippen LogP contribution in [0, 0.1) is 13.8 Å². The Balaban J connectivity index is 1.92. The SMILES string of the molecule is COc1ccc(/C(O)=C2/C(=O)C(=O)N(c3ccc(C)cc3)C2c2cccnc2)cc1C. The van der Waals surface area contributed by atoms with E-state index in [0.717, 1.165) is 11.1 Å². The summed E-state index contributed by atoms with van der Waals surface area (Å²) in [5.41, 5.74) is 3.52. The number of rotatable bonds is 4. The monoisotopic (exact) mass is 414 g/mol. The highest BCUT2D eigenvalue weighted by molar-refractivity contribution is 6.51. The minimum Gasteiger partial charge on any atom is -0.507 e. The van der Waals surface area contributed by atoms with E-state index in [4.69, 9.17) is 4.74 Å². The number of aryl methyl sites for hydroxylation is 2. The third-order valence-corrected chi connectivity index (χ3v) is 5.43. The van der Waals surface area contributed by atoms with E-state index in [0.29, 0.717) is 22.6 Å². The molecule has 1 aromatic heterocycles. The number of anilines is 1. The van der Waals surface area contributed by atoms with Gasteiger partial charge in [0.25, 0.3) is 11.7 Å². The molecule has 6 heteroatoms. The molecule has 0 spiro atoms. The van der Waals surface area contributed by atoms with Crippen molar-refractivity contribution < 1.29 is 19.4 Å².